The van der Waals surface area contributed by atoms with Crippen molar-refractivity contribution < 1.29 is 4.79 Å². The van der Waals surface area contributed by atoms with E-state index in [2.05, 4.69) is 13.8 Å². The minimum atomic E-state index is 0.215. The Kier molecular flexibility index (Phi) is 3.15. The van der Waals surface area contributed by atoms with Crippen LogP contribution in [0.15, 0.2) is 18.2 Å². The Labute approximate surface area is 95.3 Å². The van der Waals surface area contributed by atoms with E-state index in [1.165, 1.54) is 17.5 Å². The maximum atomic E-state index is 12.1. The van der Waals surface area contributed by atoms with E-state index in [0.29, 0.717) is 5.78 Å². The Morgan fingerprint density at radius 3 is 2.73 bits per heavy atom. The molecule has 0 saturated carbocycles. The van der Waals surface area contributed by atoms with Gasteiger partial charge in [-0.2, -0.15) is 11.8 Å². The van der Waals surface area contributed by atoms with Crippen molar-refractivity contribution in [3.05, 3.63) is 34.9 Å². The highest BCUT2D eigenvalue weighted by Crippen LogP contribution is 2.29. The minimum Gasteiger partial charge on any atom is -0.293 e. The van der Waals surface area contributed by atoms with Crippen molar-refractivity contribution in [3.8, 4) is 0 Å². The number of ketones is 1. The van der Waals surface area contributed by atoms with Crippen molar-refractivity contribution in [3.63, 3.8) is 0 Å². The minimum absolute atomic E-state index is 0.215. The van der Waals surface area contributed by atoms with Gasteiger partial charge in [-0.1, -0.05) is 12.1 Å². The van der Waals surface area contributed by atoms with Crippen LogP contribution in [0.25, 0.3) is 0 Å². The third kappa shape index (κ3) is 2.25. The molecule has 1 saturated heterocycles. The molecule has 80 valence electrons. The first-order valence-electron chi connectivity index (χ1n) is 5.41. The fourth-order valence-electron chi connectivity index (χ4n) is 1.87. The van der Waals surface area contributed by atoms with Gasteiger partial charge < -0.3 is 0 Å². The molecule has 0 spiro atoms. The number of carbonyl (C=O) groups is 1. The molecule has 0 amide bonds. The summed E-state index contributed by atoms with van der Waals surface area (Å²) in [6, 6.07) is 6.03. The highest BCUT2D eigenvalue weighted by Gasteiger charge is 2.24. The fraction of sp³-hybridized carbons (Fsp3) is 0.462. The molecule has 1 aliphatic rings. The van der Waals surface area contributed by atoms with E-state index < -0.39 is 0 Å². The summed E-state index contributed by atoms with van der Waals surface area (Å²) in [5, 5.41) is 0.215. The topological polar surface area (TPSA) is 17.1 Å². The van der Waals surface area contributed by atoms with Crippen LogP contribution in [0.1, 0.15) is 34.3 Å². The number of carbonyl (C=O) groups excluding carboxylic acids is 1. The largest absolute Gasteiger partial charge is 0.293 e. The number of benzene rings is 1. The number of Topliss-reactive ketones (excluding diaryl/α,β-unsaturated/α-hetero) is 1. The quantitative estimate of drug-likeness (QED) is 0.711. The van der Waals surface area contributed by atoms with Crippen LogP contribution in [-0.2, 0) is 0 Å². The molecule has 0 aliphatic carbocycles. The summed E-state index contributed by atoms with van der Waals surface area (Å²) >= 11 is 1.81. The first-order valence-corrected chi connectivity index (χ1v) is 6.46. The van der Waals surface area contributed by atoms with Crippen molar-refractivity contribution in [2.24, 2.45) is 0 Å². The zero-order valence-electron chi connectivity index (χ0n) is 9.25. The molecule has 1 atom stereocenters. The molecule has 0 bridgehead atoms. The average molecular weight is 220 g/mol. The van der Waals surface area contributed by atoms with Crippen molar-refractivity contribution >= 4 is 17.5 Å². The molecule has 1 aromatic rings. The van der Waals surface area contributed by atoms with Gasteiger partial charge in [0, 0.05) is 5.56 Å². The summed E-state index contributed by atoms with van der Waals surface area (Å²) in [5.41, 5.74) is 3.35. The van der Waals surface area contributed by atoms with Crippen LogP contribution in [0.3, 0.4) is 0 Å². The predicted octanol–water partition coefficient (Wildman–Crippen LogP) is 3.38. The van der Waals surface area contributed by atoms with Gasteiger partial charge in [-0.3, -0.25) is 4.79 Å². The zero-order valence-corrected chi connectivity index (χ0v) is 10.1. The Balaban J connectivity index is 2.21. The highest BCUT2D eigenvalue weighted by molar-refractivity contribution is 8.00. The molecule has 2 rings (SSSR count). The zero-order chi connectivity index (χ0) is 10.8. The third-order valence-electron chi connectivity index (χ3n) is 3.01. The predicted molar refractivity (Wildman–Crippen MR) is 65.7 cm³/mol. The van der Waals surface area contributed by atoms with Gasteiger partial charge in [-0.15, -0.1) is 0 Å². The number of aryl methyl sites for hydroxylation is 2. The summed E-state index contributed by atoms with van der Waals surface area (Å²) in [5.74, 6) is 1.46. The number of hydrogen-bond donors (Lipinski definition) is 0. The van der Waals surface area contributed by atoms with Crippen LogP contribution in [0.2, 0.25) is 0 Å². The molecular weight excluding hydrogens is 204 g/mol. The molecule has 0 radical (unpaired) electrons. The normalized spacial score (nSPS) is 20.5. The van der Waals surface area contributed by atoms with Gasteiger partial charge in [-0.25, -0.2) is 0 Å². The van der Waals surface area contributed by atoms with E-state index in [0.717, 1.165) is 17.7 Å². The second-order valence-electron chi connectivity index (χ2n) is 4.16. The average Bonchev–Trinajstić information content (AvgIpc) is 2.74. The van der Waals surface area contributed by atoms with Gasteiger partial charge >= 0.3 is 0 Å². The molecule has 2 heteroatoms. The first-order chi connectivity index (χ1) is 7.18. The summed E-state index contributed by atoms with van der Waals surface area (Å²) in [4.78, 5) is 12.1. The summed E-state index contributed by atoms with van der Waals surface area (Å²) in [7, 11) is 0. The van der Waals surface area contributed by atoms with E-state index in [9.17, 15) is 4.79 Å². The Morgan fingerprint density at radius 2 is 2.13 bits per heavy atom. The molecule has 0 N–H and O–H groups in total. The molecule has 1 fully saturated rings. The van der Waals surface area contributed by atoms with E-state index in [-0.39, 0.29) is 5.25 Å². The number of hydrogen-bond acceptors (Lipinski definition) is 2. The monoisotopic (exact) mass is 220 g/mol. The lowest BCUT2D eigenvalue weighted by molar-refractivity contribution is 0.0988. The molecule has 15 heavy (non-hydrogen) atoms. The second kappa shape index (κ2) is 4.40. The fourth-order valence-corrected chi connectivity index (χ4v) is 3.10. The smallest absolute Gasteiger partial charge is 0.175 e. The van der Waals surface area contributed by atoms with E-state index in [1.54, 1.807) is 11.8 Å². The lowest BCUT2D eigenvalue weighted by Gasteiger charge is -2.09. The molecule has 0 aromatic heterocycles. The molecule has 1 aliphatic heterocycles. The van der Waals surface area contributed by atoms with E-state index in [1.807, 2.05) is 18.2 Å². The lowest BCUT2D eigenvalue weighted by Crippen LogP contribution is -2.14. The molecule has 1 aromatic carbocycles. The van der Waals surface area contributed by atoms with E-state index >= 15 is 0 Å². The van der Waals surface area contributed by atoms with Crippen LogP contribution in [-0.4, -0.2) is 16.8 Å². The Bertz CT molecular complexity index is 378. The summed E-state index contributed by atoms with van der Waals surface area (Å²) < 4.78 is 0. The standard InChI is InChI=1S/C13H16OS/c1-9-5-6-11(8-10(9)2)13(14)12-4-3-7-15-12/h5-6,8,12H,3-4,7H2,1-2H3. The Morgan fingerprint density at radius 1 is 1.33 bits per heavy atom. The van der Waals surface area contributed by atoms with Crippen LogP contribution < -0.4 is 0 Å². The van der Waals surface area contributed by atoms with Crippen molar-refractivity contribution in [2.45, 2.75) is 31.9 Å². The van der Waals surface area contributed by atoms with Gasteiger partial charge in [0.1, 0.15) is 0 Å². The molecular formula is C13H16OS. The SMILES string of the molecule is Cc1ccc(C(=O)C2CCCS2)cc1C. The van der Waals surface area contributed by atoms with Crippen LogP contribution in [0.4, 0.5) is 0 Å². The summed E-state index contributed by atoms with van der Waals surface area (Å²) in [6.07, 6.45) is 2.24. The first kappa shape index (κ1) is 10.7. The molecule has 1 nitrogen and oxygen atoms in total. The van der Waals surface area contributed by atoms with Crippen LogP contribution in [0.5, 0.6) is 0 Å². The van der Waals surface area contributed by atoms with Crippen LogP contribution >= 0.6 is 11.8 Å². The van der Waals surface area contributed by atoms with Crippen molar-refractivity contribution in [2.75, 3.05) is 5.75 Å². The van der Waals surface area contributed by atoms with Crippen LogP contribution in [0, 0.1) is 13.8 Å². The number of thioether (sulfide) groups is 1. The molecule has 1 unspecified atom stereocenters. The van der Waals surface area contributed by atoms with Gasteiger partial charge in [-0.05, 0) is 49.6 Å². The van der Waals surface area contributed by atoms with Gasteiger partial charge in [0.2, 0.25) is 0 Å². The second-order valence-corrected chi connectivity index (χ2v) is 5.48. The number of rotatable bonds is 2. The van der Waals surface area contributed by atoms with Gasteiger partial charge in [0.15, 0.2) is 5.78 Å². The van der Waals surface area contributed by atoms with Gasteiger partial charge in [0.25, 0.3) is 0 Å². The van der Waals surface area contributed by atoms with Crippen molar-refractivity contribution in [1.82, 2.24) is 0 Å². The van der Waals surface area contributed by atoms with E-state index in [4.69, 9.17) is 0 Å². The Hall–Kier alpha value is -0.760. The third-order valence-corrected chi connectivity index (χ3v) is 4.39. The maximum absolute atomic E-state index is 12.1. The van der Waals surface area contributed by atoms with Gasteiger partial charge in [0.05, 0.1) is 5.25 Å². The van der Waals surface area contributed by atoms with Crippen molar-refractivity contribution in [1.29, 1.82) is 0 Å². The highest BCUT2D eigenvalue weighted by atomic mass is 32.2. The lowest BCUT2D eigenvalue weighted by atomic mass is 10.0. The molecule has 1 heterocycles. The summed E-state index contributed by atoms with van der Waals surface area (Å²) in [6.45, 7) is 4.14. The maximum Gasteiger partial charge on any atom is 0.175 e.